The van der Waals surface area contributed by atoms with Gasteiger partial charge in [0, 0.05) is 18.7 Å². The summed E-state index contributed by atoms with van der Waals surface area (Å²) in [4.78, 5) is 0.252. The third-order valence-corrected chi connectivity index (χ3v) is 4.92. The van der Waals surface area contributed by atoms with Crippen molar-refractivity contribution >= 4 is 27.2 Å². The minimum Gasteiger partial charge on any atom is -0.389 e. The second kappa shape index (κ2) is 5.31. The van der Waals surface area contributed by atoms with Crippen molar-refractivity contribution in [2.24, 2.45) is 5.73 Å². The Kier molecular flexibility index (Phi) is 3.96. The summed E-state index contributed by atoms with van der Waals surface area (Å²) in [6.07, 6.45) is 0. The number of rotatable bonds is 3. The first-order valence-corrected chi connectivity index (χ1v) is 7.35. The third-order valence-electron chi connectivity index (χ3n) is 2.74. The number of hydrogen-bond donors (Lipinski definition) is 1. The lowest BCUT2D eigenvalue weighted by atomic mass is 10.2. The monoisotopic (exact) mass is 286 g/mol. The summed E-state index contributed by atoms with van der Waals surface area (Å²) in [6.45, 7) is 1.53. The van der Waals surface area contributed by atoms with Gasteiger partial charge in [0.1, 0.15) is 4.99 Å². The van der Waals surface area contributed by atoms with Gasteiger partial charge in [0.2, 0.25) is 10.0 Å². The zero-order valence-corrected chi connectivity index (χ0v) is 11.3. The summed E-state index contributed by atoms with van der Waals surface area (Å²) >= 11 is 4.89. The van der Waals surface area contributed by atoms with Gasteiger partial charge < -0.3 is 10.5 Å². The average molecular weight is 286 g/mol. The van der Waals surface area contributed by atoms with E-state index in [1.165, 1.54) is 10.4 Å². The molecule has 1 aliphatic heterocycles. The van der Waals surface area contributed by atoms with Crippen LogP contribution in [0, 0.1) is 0 Å². The van der Waals surface area contributed by atoms with Crippen molar-refractivity contribution in [2.75, 3.05) is 26.3 Å². The van der Waals surface area contributed by atoms with Crippen molar-refractivity contribution in [2.45, 2.75) is 4.90 Å². The van der Waals surface area contributed by atoms with Crippen molar-refractivity contribution < 1.29 is 13.2 Å². The van der Waals surface area contributed by atoms with Crippen molar-refractivity contribution in [3.63, 3.8) is 0 Å². The zero-order chi connectivity index (χ0) is 13.2. The van der Waals surface area contributed by atoms with Crippen LogP contribution in [0.15, 0.2) is 29.2 Å². The molecule has 1 heterocycles. The van der Waals surface area contributed by atoms with E-state index in [2.05, 4.69) is 0 Å². The molecule has 0 radical (unpaired) electrons. The van der Waals surface area contributed by atoms with E-state index in [1.54, 1.807) is 18.2 Å². The first-order chi connectivity index (χ1) is 8.53. The first-order valence-electron chi connectivity index (χ1n) is 5.50. The molecule has 0 spiro atoms. The van der Waals surface area contributed by atoms with Gasteiger partial charge in [0.05, 0.1) is 18.1 Å². The van der Waals surface area contributed by atoms with Gasteiger partial charge in [-0.15, -0.1) is 0 Å². The molecule has 98 valence electrons. The van der Waals surface area contributed by atoms with E-state index in [4.69, 9.17) is 22.7 Å². The van der Waals surface area contributed by atoms with Crippen LogP contribution in [-0.2, 0) is 14.8 Å². The highest BCUT2D eigenvalue weighted by Gasteiger charge is 2.28. The molecule has 0 unspecified atom stereocenters. The van der Waals surface area contributed by atoms with E-state index in [9.17, 15) is 8.42 Å². The van der Waals surface area contributed by atoms with Crippen LogP contribution in [0.3, 0.4) is 0 Å². The van der Waals surface area contributed by atoms with Crippen LogP contribution < -0.4 is 5.73 Å². The molecule has 2 rings (SSSR count). The van der Waals surface area contributed by atoms with Crippen LogP contribution in [-0.4, -0.2) is 44.0 Å². The lowest BCUT2D eigenvalue weighted by molar-refractivity contribution is 0.0730. The Morgan fingerprint density at radius 3 is 2.50 bits per heavy atom. The van der Waals surface area contributed by atoms with Crippen LogP contribution in [0.1, 0.15) is 5.56 Å². The van der Waals surface area contributed by atoms with Gasteiger partial charge in [0.25, 0.3) is 0 Å². The lowest BCUT2D eigenvalue weighted by Crippen LogP contribution is -2.41. The number of nitrogens with zero attached hydrogens (tertiary/aromatic N) is 1. The standard InChI is InChI=1S/C11H14N2O3S2/c12-11(17)9-3-1-2-4-10(9)18(14,15)13-5-7-16-8-6-13/h1-4H,5-8H2,(H2,12,17). The number of ether oxygens (including phenoxy) is 1. The Bertz CT molecular complexity index is 551. The van der Waals surface area contributed by atoms with Gasteiger partial charge in [-0.2, -0.15) is 4.31 Å². The molecule has 1 aliphatic rings. The van der Waals surface area contributed by atoms with Crippen LogP contribution in [0.25, 0.3) is 0 Å². The highest BCUT2D eigenvalue weighted by atomic mass is 32.2. The Morgan fingerprint density at radius 1 is 1.28 bits per heavy atom. The minimum atomic E-state index is -3.55. The molecule has 7 heteroatoms. The fourth-order valence-corrected chi connectivity index (χ4v) is 3.68. The summed E-state index contributed by atoms with van der Waals surface area (Å²) in [5.41, 5.74) is 5.95. The lowest BCUT2D eigenvalue weighted by Gasteiger charge is -2.26. The molecule has 1 aromatic rings. The van der Waals surface area contributed by atoms with Crippen molar-refractivity contribution in [1.82, 2.24) is 4.31 Å². The average Bonchev–Trinajstić information content (AvgIpc) is 2.39. The highest BCUT2D eigenvalue weighted by Crippen LogP contribution is 2.21. The summed E-state index contributed by atoms with van der Waals surface area (Å²) in [7, 11) is -3.55. The quantitative estimate of drug-likeness (QED) is 0.811. The van der Waals surface area contributed by atoms with E-state index < -0.39 is 10.0 Å². The molecule has 0 aromatic heterocycles. The molecule has 0 aliphatic carbocycles. The molecule has 0 atom stereocenters. The molecule has 1 aromatic carbocycles. The second-order valence-corrected chi connectivity index (χ2v) is 6.22. The predicted molar refractivity (Wildman–Crippen MR) is 71.9 cm³/mol. The highest BCUT2D eigenvalue weighted by molar-refractivity contribution is 7.89. The Labute approximate surface area is 112 Å². The van der Waals surface area contributed by atoms with Gasteiger partial charge in [0.15, 0.2) is 0 Å². The maximum atomic E-state index is 12.5. The zero-order valence-electron chi connectivity index (χ0n) is 9.70. The van der Waals surface area contributed by atoms with Crippen LogP contribution in [0.2, 0.25) is 0 Å². The van der Waals surface area contributed by atoms with Crippen molar-refractivity contribution in [3.8, 4) is 0 Å². The fraction of sp³-hybridized carbons (Fsp3) is 0.364. The van der Waals surface area contributed by atoms with Gasteiger partial charge in [-0.05, 0) is 6.07 Å². The topological polar surface area (TPSA) is 72.6 Å². The SMILES string of the molecule is NC(=S)c1ccccc1S(=O)(=O)N1CCOCC1. The van der Waals surface area contributed by atoms with Gasteiger partial charge in [-0.3, -0.25) is 0 Å². The number of hydrogen-bond acceptors (Lipinski definition) is 4. The molecule has 1 saturated heterocycles. The van der Waals surface area contributed by atoms with Crippen LogP contribution in [0.4, 0.5) is 0 Å². The van der Waals surface area contributed by atoms with Crippen LogP contribution >= 0.6 is 12.2 Å². The van der Waals surface area contributed by atoms with E-state index in [0.717, 1.165) is 0 Å². The molecular weight excluding hydrogens is 272 g/mol. The first kappa shape index (κ1) is 13.4. The number of sulfonamides is 1. The number of morpholine rings is 1. The Morgan fingerprint density at radius 2 is 1.89 bits per heavy atom. The third kappa shape index (κ3) is 2.54. The summed E-state index contributed by atoms with van der Waals surface area (Å²) in [5, 5.41) is 0. The largest absolute Gasteiger partial charge is 0.389 e. The molecular formula is C11H14N2O3S2. The minimum absolute atomic E-state index is 0.0856. The second-order valence-electron chi connectivity index (χ2n) is 3.88. The maximum absolute atomic E-state index is 12.5. The van der Waals surface area contributed by atoms with E-state index in [-0.39, 0.29) is 9.88 Å². The summed E-state index contributed by atoms with van der Waals surface area (Å²) in [5.74, 6) is 0. The molecule has 18 heavy (non-hydrogen) atoms. The number of nitrogens with two attached hydrogens (primary N) is 1. The molecule has 0 saturated carbocycles. The van der Waals surface area contributed by atoms with E-state index in [1.807, 2.05) is 0 Å². The van der Waals surface area contributed by atoms with Gasteiger partial charge >= 0.3 is 0 Å². The van der Waals surface area contributed by atoms with E-state index in [0.29, 0.717) is 31.9 Å². The van der Waals surface area contributed by atoms with E-state index >= 15 is 0 Å². The maximum Gasteiger partial charge on any atom is 0.243 e. The summed E-state index contributed by atoms with van der Waals surface area (Å²) in [6, 6.07) is 6.52. The predicted octanol–water partition coefficient (Wildman–Crippen LogP) is 0.342. The molecule has 5 nitrogen and oxygen atoms in total. The smallest absolute Gasteiger partial charge is 0.243 e. The molecule has 1 fully saturated rings. The molecule has 0 amide bonds. The fourth-order valence-electron chi connectivity index (χ4n) is 1.82. The van der Waals surface area contributed by atoms with Crippen molar-refractivity contribution in [3.05, 3.63) is 29.8 Å². The Balaban J connectivity index is 2.43. The van der Waals surface area contributed by atoms with Crippen LogP contribution in [0.5, 0.6) is 0 Å². The normalized spacial score (nSPS) is 17.6. The Hall–Kier alpha value is -1.02. The summed E-state index contributed by atoms with van der Waals surface area (Å²) < 4.78 is 31.5. The molecule has 2 N–H and O–H groups in total. The number of benzene rings is 1. The van der Waals surface area contributed by atoms with Crippen molar-refractivity contribution in [1.29, 1.82) is 0 Å². The van der Waals surface area contributed by atoms with Gasteiger partial charge in [-0.1, -0.05) is 30.4 Å². The number of thiocarbonyl (C=S) groups is 1. The molecule has 0 bridgehead atoms. The van der Waals surface area contributed by atoms with Gasteiger partial charge in [-0.25, -0.2) is 8.42 Å².